The maximum Gasteiger partial charge on any atom is 0.0456 e. The smallest absolute Gasteiger partial charge is 0.0456 e. The number of rotatable bonds is 3. The fourth-order valence-electron chi connectivity index (χ4n) is 2.04. The highest BCUT2D eigenvalue weighted by atomic mass is 14.7. The van der Waals surface area contributed by atoms with E-state index in [0.29, 0.717) is 5.92 Å². The summed E-state index contributed by atoms with van der Waals surface area (Å²) in [5.74, 6) is 0.683. The molecule has 0 aliphatic heterocycles. The summed E-state index contributed by atoms with van der Waals surface area (Å²) in [5, 5.41) is 1.33. The maximum absolute atomic E-state index is 3.50. The van der Waals surface area contributed by atoms with Crippen molar-refractivity contribution in [1.29, 1.82) is 0 Å². The molecule has 1 aromatic carbocycles. The molecule has 0 bridgehead atoms. The van der Waals surface area contributed by atoms with E-state index in [0.717, 1.165) is 0 Å². The van der Waals surface area contributed by atoms with Crippen molar-refractivity contribution in [2.45, 2.75) is 32.6 Å². The highest BCUT2D eigenvalue weighted by Crippen LogP contribution is 2.25. The number of benzene rings is 1. The fourth-order valence-corrected chi connectivity index (χ4v) is 2.04. The Kier molecular flexibility index (Phi) is 2.58. The minimum absolute atomic E-state index is 0.683. The predicted molar refractivity (Wildman–Crippen MR) is 61.6 cm³/mol. The van der Waals surface area contributed by atoms with Gasteiger partial charge in [-0.3, -0.25) is 0 Å². The number of nitrogens with one attached hydrogen (secondary N) is 1. The highest BCUT2D eigenvalue weighted by Gasteiger charge is 2.09. The summed E-state index contributed by atoms with van der Waals surface area (Å²) in [6, 6.07) is 10.8. The second kappa shape index (κ2) is 3.87. The zero-order chi connectivity index (χ0) is 9.97. The fraction of sp³-hybridized carbons (Fsp3) is 0.385. The van der Waals surface area contributed by atoms with Gasteiger partial charge in [-0.15, -0.1) is 0 Å². The second-order valence-electron chi connectivity index (χ2n) is 3.83. The first-order valence-corrected chi connectivity index (χ1v) is 5.42. The standard InChI is InChI=1S/C13H17N/c1-3-10(4-2)13-9-11-7-5-6-8-12(11)14-13/h5-10,14H,3-4H2,1-2H3. The summed E-state index contributed by atoms with van der Waals surface area (Å²) in [6.07, 6.45) is 2.42. The van der Waals surface area contributed by atoms with Crippen LogP contribution in [0.2, 0.25) is 0 Å². The van der Waals surface area contributed by atoms with Crippen LogP contribution < -0.4 is 0 Å². The van der Waals surface area contributed by atoms with Crippen molar-refractivity contribution in [3.8, 4) is 0 Å². The normalized spacial score (nSPS) is 11.4. The molecule has 0 amide bonds. The Bertz CT molecular complexity index is 377. The third-order valence-electron chi connectivity index (χ3n) is 2.98. The van der Waals surface area contributed by atoms with Gasteiger partial charge in [-0.25, -0.2) is 0 Å². The zero-order valence-corrected chi connectivity index (χ0v) is 8.88. The largest absolute Gasteiger partial charge is 0.358 e. The average molecular weight is 187 g/mol. The summed E-state index contributed by atoms with van der Waals surface area (Å²) in [5.41, 5.74) is 2.64. The Hall–Kier alpha value is -1.24. The molecule has 14 heavy (non-hydrogen) atoms. The van der Waals surface area contributed by atoms with Gasteiger partial charge in [-0.05, 0) is 36.3 Å². The van der Waals surface area contributed by atoms with Crippen molar-refractivity contribution in [3.05, 3.63) is 36.0 Å². The zero-order valence-electron chi connectivity index (χ0n) is 8.88. The monoisotopic (exact) mass is 187 g/mol. The minimum atomic E-state index is 0.683. The van der Waals surface area contributed by atoms with Crippen LogP contribution in [0.3, 0.4) is 0 Å². The molecule has 0 saturated carbocycles. The van der Waals surface area contributed by atoms with E-state index in [1.165, 1.54) is 29.4 Å². The van der Waals surface area contributed by atoms with E-state index < -0.39 is 0 Å². The van der Waals surface area contributed by atoms with Crippen LogP contribution in [-0.2, 0) is 0 Å². The van der Waals surface area contributed by atoms with Crippen molar-refractivity contribution in [2.75, 3.05) is 0 Å². The van der Waals surface area contributed by atoms with Gasteiger partial charge < -0.3 is 4.98 Å². The van der Waals surface area contributed by atoms with E-state index in [2.05, 4.69) is 49.2 Å². The van der Waals surface area contributed by atoms with Crippen molar-refractivity contribution in [2.24, 2.45) is 0 Å². The molecule has 1 nitrogen and oxygen atoms in total. The van der Waals surface area contributed by atoms with E-state index in [9.17, 15) is 0 Å². The lowest BCUT2D eigenvalue weighted by Gasteiger charge is -2.08. The quantitative estimate of drug-likeness (QED) is 0.745. The van der Waals surface area contributed by atoms with Gasteiger partial charge in [0.1, 0.15) is 0 Å². The molecule has 0 atom stereocenters. The van der Waals surface area contributed by atoms with E-state index in [-0.39, 0.29) is 0 Å². The first-order valence-electron chi connectivity index (χ1n) is 5.42. The van der Waals surface area contributed by atoms with Crippen LogP contribution >= 0.6 is 0 Å². The Balaban J connectivity index is 2.43. The third kappa shape index (κ3) is 1.54. The Morgan fingerprint density at radius 3 is 2.50 bits per heavy atom. The number of aromatic amines is 1. The molecular weight excluding hydrogens is 170 g/mol. The second-order valence-corrected chi connectivity index (χ2v) is 3.83. The van der Waals surface area contributed by atoms with Crippen LogP contribution in [-0.4, -0.2) is 4.98 Å². The van der Waals surface area contributed by atoms with Gasteiger partial charge in [0, 0.05) is 11.2 Å². The topological polar surface area (TPSA) is 15.8 Å². The van der Waals surface area contributed by atoms with Gasteiger partial charge >= 0.3 is 0 Å². The van der Waals surface area contributed by atoms with E-state index >= 15 is 0 Å². The molecule has 0 aliphatic rings. The van der Waals surface area contributed by atoms with Crippen LogP contribution in [0.15, 0.2) is 30.3 Å². The van der Waals surface area contributed by atoms with E-state index in [1.807, 2.05) is 0 Å². The van der Waals surface area contributed by atoms with Crippen molar-refractivity contribution >= 4 is 10.9 Å². The lowest BCUT2D eigenvalue weighted by molar-refractivity contribution is 0.628. The average Bonchev–Trinajstić information content (AvgIpc) is 2.63. The number of aromatic nitrogens is 1. The number of para-hydroxylation sites is 1. The van der Waals surface area contributed by atoms with Crippen LogP contribution in [0.1, 0.15) is 38.3 Å². The van der Waals surface area contributed by atoms with Gasteiger partial charge in [0.15, 0.2) is 0 Å². The molecule has 0 fully saturated rings. The SMILES string of the molecule is CCC(CC)c1cc2ccccc2[nH]1. The van der Waals surface area contributed by atoms with Crippen LogP contribution in [0.25, 0.3) is 10.9 Å². The lowest BCUT2D eigenvalue weighted by atomic mass is 10.00. The molecule has 0 unspecified atom stereocenters. The number of H-pyrrole nitrogens is 1. The first-order chi connectivity index (χ1) is 6.85. The Morgan fingerprint density at radius 1 is 1.14 bits per heavy atom. The molecule has 1 N–H and O–H groups in total. The van der Waals surface area contributed by atoms with Crippen molar-refractivity contribution in [1.82, 2.24) is 4.98 Å². The Labute approximate surface area is 85.1 Å². The van der Waals surface area contributed by atoms with Gasteiger partial charge in [0.25, 0.3) is 0 Å². The molecule has 2 aromatic rings. The summed E-state index contributed by atoms with van der Waals surface area (Å²) in [7, 11) is 0. The summed E-state index contributed by atoms with van der Waals surface area (Å²) >= 11 is 0. The van der Waals surface area contributed by atoms with Gasteiger partial charge in [-0.2, -0.15) is 0 Å². The molecule has 0 spiro atoms. The van der Waals surface area contributed by atoms with Crippen molar-refractivity contribution < 1.29 is 0 Å². The van der Waals surface area contributed by atoms with Gasteiger partial charge in [0.2, 0.25) is 0 Å². The number of hydrogen-bond donors (Lipinski definition) is 1. The lowest BCUT2D eigenvalue weighted by Crippen LogP contribution is -1.94. The molecule has 1 aromatic heterocycles. The summed E-state index contributed by atoms with van der Waals surface area (Å²) in [4.78, 5) is 3.50. The minimum Gasteiger partial charge on any atom is -0.358 e. The molecule has 74 valence electrons. The molecule has 1 heteroatoms. The predicted octanol–water partition coefficient (Wildman–Crippen LogP) is 4.07. The number of hydrogen-bond acceptors (Lipinski definition) is 0. The van der Waals surface area contributed by atoms with E-state index in [1.54, 1.807) is 0 Å². The third-order valence-corrected chi connectivity index (χ3v) is 2.98. The molecule has 0 radical (unpaired) electrons. The van der Waals surface area contributed by atoms with Gasteiger partial charge in [-0.1, -0.05) is 32.0 Å². The summed E-state index contributed by atoms with van der Waals surface area (Å²) < 4.78 is 0. The molecular formula is C13H17N. The Morgan fingerprint density at radius 2 is 1.86 bits per heavy atom. The van der Waals surface area contributed by atoms with Crippen LogP contribution in [0.5, 0.6) is 0 Å². The molecule has 2 rings (SSSR count). The first kappa shape index (κ1) is 9.32. The van der Waals surface area contributed by atoms with E-state index in [4.69, 9.17) is 0 Å². The van der Waals surface area contributed by atoms with Crippen LogP contribution in [0, 0.1) is 0 Å². The van der Waals surface area contributed by atoms with Crippen LogP contribution in [0.4, 0.5) is 0 Å². The maximum atomic E-state index is 3.50. The van der Waals surface area contributed by atoms with Gasteiger partial charge in [0.05, 0.1) is 0 Å². The molecule has 0 saturated heterocycles. The van der Waals surface area contributed by atoms with Crippen molar-refractivity contribution in [3.63, 3.8) is 0 Å². The highest BCUT2D eigenvalue weighted by molar-refractivity contribution is 5.80. The molecule has 1 heterocycles. The molecule has 0 aliphatic carbocycles. The summed E-state index contributed by atoms with van der Waals surface area (Å²) in [6.45, 7) is 4.50. The number of fused-ring (bicyclic) bond motifs is 1.